The molecule has 3 rings (SSSR count). The summed E-state index contributed by atoms with van der Waals surface area (Å²) < 4.78 is 78.4. The lowest BCUT2D eigenvalue weighted by molar-refractivity contribution is -0.384. The predicted molar refractivity (Wildman–Crippen MR) is 104 cm³/mol. The highest BCUT2D eigenvalue weighted by atomic mass is 32.2. The second-order valence-electron chi connectivity index (χ2n) is 5.73. The van der Waals surface area contributed by atoms with Crippen LogP contribution >= 0.6 is 11.3 Å². The molecule has 0 saturated heterocycles. The van der Waals surface area contributed by atoms with Gasteiger partial charge in [-0.1, -0.05) is 6.07 Å². The average Bonchev–Trinajstić information content (AvgIpc) is 3.22. The van der Waals surface area contributed by atoms with Crippen molar-refractivity contribution >= 4 is 37.0 Å². The first kappa shape index (κ1) is 21.8. The molecule has 0 spiro atoms. The van der Waals surface area contributed by atoms with Gasteiger partial charge in [-0.15, -0.1) is 11.3 Å². The quantitative estimate of drug-likeness (QED) is 0.287. The van der Waals surface area contributed by atoms with Gasteiger partial charge in [-0.3, -0.25) is 10.1 Å². The Morgan fingerprint density at radius 1 is 0.967 bits per heavy atom. The molecule has 0 radical (unpaired) electrons. The molecule has 0 aliphatic carbocycles. The first-order valence-corrected chi connectivity index (χ1v) is 11.7. The molecule has 8 nitrogen and oxygen atoms in total. The van der Waals surface area contributed by atoms with Crippen molar-refractivity contribution in [1.82, 2.24) is 0 Å². The van der Waals surface area contributed by atoms with Gasteiger partial charge in [-0.2, -0.15) is 17.2 Å². The van der Waals surface area contributed by atoms with E-state index in [0.717, 1.165) is 42.5 Å². The highest BCUT2D eigenvalue weighted by Crippen LogP contribution is 2.37. The van der Waals surface area contributed by atoms with Gasteiger partial charge in [0.25, 0.3) is 5.69 Å². The number of benzene rings is 2. The number of rotatable bonds is 7. The Morgan fingerprint density at radius 2 is 1.60 bits per heavy atom. The first-order valence-electron chi connectivity index (χ1n) is 7.91. The number of nitro groups is 1. The van der Waals surface area contributed by atoms with Crippen LogP contribution in [0, 0.1) is 10.1 Å². The minimum Gasteiger partial charge on any atom is -0.378 e. The fraction of sp³-hybridized carbons (Fsp3) is 0.0588. The van der Waals surface area contributed by atoms with Crippen LogP contribution in [0.1, 0.15) is 0 Å². The zero-order valence-electron chi connectivity index (χ0n) is 14.6. The Kier molecular flexibility index (Phi) is 5.87. The standard InChI is InChI=1S/C17H11F2NO7S3/c18-17(19)29(23,24)12-4-6-13(7-5-12)30(25,26)27-15-8-3-11(20(21)22)10-14(15)16-2-1-9-28-16/h1-10,17H. The highest BCUT2D eigenvalue weighted by molar-refractivity contribution is 7.91. The second-order valence-corrected chi connectivity index (χ2v) is 10.1. The number of hydrogen-bond donors (Lipinski definition) is 0. The summed E-state index contributed by atoms with van der Waals surface area (Å²) in [6, 6.07) is 9.74. The molecule has 13 heteroatoms. The van der Waals surface area contributed by atoms with Crippen LogP contribution in [0.25, 0.3) is 10.4 Å². The van der Waals surface area contributed by atoms with Crippen molar-refractivity contribution in [3.05, 3.63) is 70.1 Å². The minimum atomic E-state index is -4.88. The molecular formula is C17H11F2NO7S3. The number of nitrogens with zero attached hydrogens (tertiary/aromatic N) is 1. The number of halogens is 2. The molecule has 158 valence electrons. The van der Waals surface area contributed by atoms with Gasteiger partial charge >= 0.3 is 15.9 Å². The van der Waals surface area contributed by atoms with Crippen LogP contribution in [-0.4, -0.2) is 27.5 Å². The molecule has 0 fully saturated rings. The van der Waals surface area contributed by atoms with E-state index in [9.17, 15) is 35.7 Å². The number of alkyl halides is 2. The van der Waals surface area contributed by atoms with Crippen LogP contribution in [0.5, 0.6) is 5.75 Å². The number of thiophene rings is 1. The predicted octanol–water partition coefficient (Wildman–Crippen LogP) is 4.09. The summed E-state index contributed by atoms with van der Waals surface area (Å²) in [6.07, 6.45) is 0. The van der Waals surface area contributed by atoms with Crippen molar-refractivity contribution in [3.63, 3.8) is 0 Å². The van der Waals surface area contributed by atoms with Crippen molar-refractivity contribution < 1.29 is 34.7 Å². The normalized spacial score (nSPS) is 12.1. The number of hydrogen-bond acceptors (Lipinski definition) is 8. The van der Waals surface area contributed by atoms with Gasteiger partial charge in [0.15, 0.2) is 5.75 Å². The molecule has 30 heavy (non-hydrogen) atoms. The minimum absolute atomic E-state index is 0.166. The van der Waals surface area contributed by atoms with E-state index < -0.39 is 40.4 Å². The van der Waals surface area contributed by atoms with Crippen molar-refractivity contribution in [1.29, 1.82) is 0 Å². The lowest BCUT2D eigenvalue weighted by atomic mass is 10.1. The van der Waals surface area contributed by atoms with Crippen LogP contribution in [0.4, 0.5) is 14.5 Å². The van der Waals surface area contributed by atoms with Crippen LogP contribution in [0.2, 0.25) is 0 Å². The summed E-state index contributed by atoms with van der Waals surface area (Å²) >= 11 is 1.20. The first-order chi connectivity index (χ1) is 14.0. The Balaban J connectivity index is 1.99. The third-order valence-electron chi connectivity index (χ3n) is 3.84. The van der Waals surface area contributed by atoms with Crippen LogP contribution < -0.4 is 4.18 Å². The van der Waals surface area contributed by atoms with E-state index in [-0.39, 0.29) is 17.0 Å². The molecule has 1 aromatic heterocycles. The van der Waals surface area contributed by atoms with E-state index in [1.165, 1.54) is 11.3 Å². The fourth-order valence-electron chi connectivity index (χ4n) is 2.39. The van der Waals surface area contributed by atoms with Crippen LogP contribution in [0.3, 0.4) is 0 Å². The third kappa shape index (κ3) is 4.32. The summed E-state index contributed by atoms with van der Waals surface area (Å²) in [7, 11) is -9.37. The SMILES string of the molecule is O=[N+]([O-])c1ccc(OS(=O)(=O)c2ccc(S(=O)(=O)C(F)F)cc2)c(-c2cccs2)c1. The molecule has 0 amide bonds. The molecule has 1 heterocycles. The second kappa shape index (κ2) is 8.08. The van der Waals surface area contributed by atoms with Gasteiger partial charge in [-0.05, 0) is 41.8 Å². The van der Waals surface area contributed by atoms with Gasteiger partial charge in [0.05, 0.1) is 9.82 Å². The maximum Gasteiger partial charge on any atom is 0.341 e. The Morgan fingerprint density at radius 3 is 2.13 bits per heavy atom. The molecule has 0 aliphatic rings. The van der Waals surface area contributed by atoms with Crippen molar-refractivity contribution in [2.24, 2.45) is 0 Å². The zero-order valence-corrected chi connectivity index (χ0v) is 17.1. The molecule has 0 aliphatic heterocycles. The van der Waals surface area contributed by atoms with Gasteiger partial charge in [0.1, 0.15) is 4.90 Å². The molecule has 0 saturated carbocycles. The van der Waals surface area contributed by atoms with Gasteiger partial charge in [0.2, 0.25) is 9.84 Å². The van der Waals surface area contributed by atoms with E-state index in [1.807, 2.05) is 0 Å². The Labute approximate surface area is 173 Å². The zero-order chi connectivity index (χ0) is 22.1. The third-order valence-corrected chi connectivity index (χ3v) is 7.39. The molecule has 0 bridgehead atoms. The van der Waals surface area contributed by atoms with Gasteiger partial charge in [-0.25, -0.2) is 8.42 Å². The maximum absolute atomic E-state index is 12.6. The molecule has 0 unspecified atom stereocenters. The fourth-order valence-corrected chi connectivity index (χ4v) is 4.81. The topological polar surface area (TPSA) is 121 Å². The van der Waals surface area contributed by atoms with Gasteiger partial charge in [0, 0.05) is 22.6 Å². The number of non-ortho nitro benzene ring substituents is 1. The van der Waals surface area contributed by atoms with E-state index in [4.69, 9.17) is 4.18 Å². The highest BCUT2D eigenvalue weighted by Gasteiger charge is 2.28. The van der Waals surface area contributed by atoms with Crippen molar-refractivity contribution in [2.45, 2.75) is 15.5 Å². The number of sulfone groups is 1. The monoisotopic (exact) mass is 475 g/mol. The molecule has 0 atom stereocenters. The van der Waals surface area contributed by atoms with E-state index >= 15 is 0 Å². The summed E-state index contributed by atoms with van der Waals surface area (Å²) in [5.74, 6) is -3.84. The van der Waals surface area contributed by atoms with Crippen LogP contribution in [-0.2, 0) is 20.0 Å². The summed E-state index contributed by atoms with van der Waals surface area (Å²) in [5, 5.41) is 12.7. The maximum atomic E-state index is 12.6. The number of nitro benzene ring substituents is 1. The average molecular weight is 475 g/mol. The molecule has 3 aromatic rings. The van der Waals surface area contributed by atoms with Gasteiger partial charge < -0.3 is 4.18 Å². The molecule has 0 N–H and O–H groups in total. The van der Waals surface area contributed by atoms with E-state index in [1.54, 1.807) is 17.5 Å². The lowest BCUT2D eigenvalue weighted by Crippen LogP contribution is -2.13. The lowest BCUT2D eigenvalue weighted by Gasteiger charge is -2.11. The Hall–Kier alpha value is -2.90. The van der Waals surface area contributed by atoms with E-state index in [2.05, 4.69) is 0 Å². The van der Waals surface area contributed by atoms with Crippen LogP contribution in [0.15, 0.2) is 69.8 Å². The molecular weight excluding hydrogens is 464 g/mol. The summed E-state index contributed by atoms with van der Waals surface area (Å²) in [4.78, 5) is 9.70. The van der Waals surface area contributed by atoms with Crippen molar-refractivity contribution in [3.8, 4) is 16.2 Å². The molecule has 2 aromatic carbocycles. The summed E-state index contributed by atoms with van der Waals surface area (Å²) in [5.41, 5.74) is -0.107. The largest absolute Gasteiger partial charge is 0.378 e. The smallest absolute Gasteiger partial charge is 0.341 e. The summed E-state index contributed by atoms with van der Waals surface area (Å²) in [6.45, 7) is 0. The van der Waals surface area contributed by atoms with Crippen molar-refractivity contribution in [2.75, 3.05) is 0 Å². The Bertz CT molecular complexity index is 1290. The van der Waals surface area contributed by atoms with E-state index in [0.29, 0.717) is 4.88 Å².